The molecule has 1 aromatic rings. The lowest BCUT2D eigenvalue weighted by Gasteiger charge is -2.23. The molecule has 1 fully saturated rings. The summed E-state index contributed by atoms with van der Waals surface area (Å²) in [6.07, 6.45) is 1.74. The van der Waals surface area contributed by atoms with Crippen molar-refractivity contribution < 1.29 is 19.0 Å². The topological polar surface area (TPSA) is 61.8 Å². The molecule has 21 heavy (non-hydrogen) atoms. The molecule has 2 rings (SSSR count). The van der Waals surface area contributed by atoms with Crippen LogP contribution in [0.1, 0.15) is 24.0 Å². The second-order valence-electron chi connectivity index (χ2n) is 5.19. The summed E-state index contributed by atoms with van der Waals surface area (Å²) < 4.78 is 18.4. The number of benzene rings is 1. The number of carbonyl (C=O) groups is 1. The summed E-state index contributed by atoms with van der Waals surface area (Å²) in [5.74, 6) is -0.313. The quantitative estimate of drug-likeness (QED) is 0.868. The van der Waals surface area contributed by atoms with Crippen molar-refractivity contribution in [2.45, 2.75) is 32.0 Å². The Hall–Kier alpha value is -1.66. The molecule has 0 aliphatic carbocycles. The van der Waals surface area contributed by atoms with Gasteiger partial charge in [0.15, 0.2) is 0 Å². The van der Waals surface area contributed by atoms with Crippen molar-refractivity contribution >= 4 is 6.03 Å². The number of methoxy groups -OCH3 is 1. The Morgan fingerprint density at radius 3 is 3.10 bits per heavy atom. The molecule has 1 unspecified atom stereocenters. The van der Waals surface area contributed by atoms with E-state index in [0.717, 1.165) is 18.4 Å². The Morgan fingerprint density at radius 1 is 1.57 bits per heavy atom. The number of hydrogen-bond donors (Lipinski definition) is 2. The number of aliphatic hydroxyl groups is 1. The molecule has 1 heterocycles. The van der Waals surface area contributed by atoms with Crippen molar-refractivity contribution in [1.82, 2.24) is 10.2 Å². The second kappa shape index (κ2) is 7.38. The summed E-state index contributed by atoms with van der Waals surface area (Å²) in [7, 11) is 1.51. The average Bonchev–Trinajstić information content (AvgIpc) is 2.96. The zero-order valence-corrected chi connectivity index (χ0v) is 12.1. The van der Waals surface area contributed by atoms with Crippen LogP contribution in [0.15, 0.2) is 18.2 Å². The Kier molecular flexibility index (Phi) is 5.52. The Morgan fingerprint density at radius 2 is 2.38 bits per heavy atom. The number of halogens is 1. The summed E-state index contributed by atoms with van der Waals surface area (Å²) in [5.41, 5.74) is 1.29. The van der Waals surface area contributed by atoms with Gasteiger partial charge in [0.1, 0.15) is 5.82 Å². The number of likely N-dealkylation sites (tertiary alicyclic amines) is 1. The maximum atomic E-state index is 13.5. The van der Waals surface area contributed by atoms with E-state index in [4.69, 9.17) is 4.74 Å². The Labute approximate surface area is 123 Å². The van der Waals surface area contributed by atoms with Gasteiger partial charge in [-0.3, -0.25) is 0 Å². The molecule has 0 bridgehead atoms. The van der Waals surface area contributed by atoms with Crippen LogP contribution in [0.4, 0.5) is 9.18 Å². The summed E-state index contributed by atoms with van der Waals surface area (Å²) >= 11 is 0. The van der Waals surface area contributed by atoms with Crippen LogP contribution in [-0.4, -0.2) is 42.3 Å². The Bertz CT molecular complexity index is 496. The highest BCUT2D eigenvalue weighted by molar-refractivity contribution is 5.74. The highest BCUT2D eigenvalue weighted by Crippen LogP contribution is 2.17. The molecule has 0 aromatic heterocycles. The molecule has 116 valence electrons. The third-order valence-electron chi connectivity index (χ3n) is 3.70. The molecule has 1 aromatic carbocycles. The van der Waals surface area contributed by atoms with E-state index in [1.807, 2.05) is 0 Å². The predicted octanol–water partition coefficient (Wildman–Crippen LogP) is 1.64. The summed E-state index contributed by atoms with van der Waals surface area (Å²) in [4.78, 5) is 13.7. The number of amides is 2. The summed E-state index contributed by atoms with van der Waals surface area (Å²) in [5, 5.41) is 12.0. The van der Waals surface area contributed by atoms with Crippen LogP contribution in [0.3, 0.4) is 0 Å². The van der Waals surface area contributed by atoms with Crippen molar-refractivity contribution in [2.24, 2.45) is 0 Å². The second-order valence-corrected chi connectivity index (χ2v) is 5.19. The lowest BCUT2D eigenvalue weighted by Crippen LogP contribution is -2.43. The van der Waals surface area contributed by atoms with E-state index >= 15 is 0 Å². The molecule has 2 N–H and O–H groups in total. The van der Waals surface area contributed by atoms with E-state index in [9.17, 15) is 14.3 Å². The molecule has 0 spiro atoms. The molecular formula is C15H21FN2O3. The first-order chi connectivity index (χ1) is 10.2. The molecular weight excluding hydrogens is 275 g/mol. The highest BCUT2D eigenvalue weighted by Gasteiger charge is 2.27. The van der Waals surface area contributed by atoms with E-state index in [1.165, 1.54) is 13.2 Å². The first-order valence-electron chi connectivity index (χ1n) is 7.07. The van der Waals surface area contributed by atoms with Gasteiger partial charge in [-0.1, -0.05) is 6.07 Å². The molecule has 1 aliphatic heterocycles. The van der Waals surface area contributed by atoms with Crippen molar-refractivity contribution in [2.75, 3.05) is 20.3 Å². The number of ether oxygens (including phenoxy) is 1. The van der Waals surface area contributed by atoms with Crippen LogP contribution < -0.4 is 5.32 Å². The van der Waals surface area contributed by atoms with Crippen molar-refractivity contribution in [1.29, 1.82) is 0 Å². The summed E-state index contributed by atoms with van der Waals surface area (Å²) in [6.45, 7) is 1.17. The number of aliphatic hydroxyl groups excluding tert-OH is 1. The lowest BCUT2D eigenvalue weighted by molar-refractivity contribution is 0.157. The van der Waals surface area contributed by atoms with Gasteiger partial charge in [-0.05, 0) is 30.5 Å². The van der Waals surface area contributed by atoms with Crippen LogP contribution >= 0.6 is 0 Å². The first kappa shape index (κ1) is 15.7. The zero-order valence-electron chi connectivity index (χ0n) is 12.1. The number of urea groups is 1. The van der Waals surface area contributed by atoms with E-state index < -0.39 is 0 Å². The SMILES string of the molecule is COCc1cc(CNC(=O)N2CCCC2CO)ccc1F. The predicted molar refractivity (Wildman–Crippen MR) is 76.2 cm³/mol. The van der Waals surface area contributed by atoms with Crippen LogP contribution in [0.25, 0.3) is 0 Å². The van der Waals surface area contributed by atoms with Gasteiger partial charge < -0.3 is 20.1 Å². The molecule has 6 heteroatoms. The maximum absolute atomic E-state index is 13.5. The third-order valence-corrected chi connectivity index (χ3v) is 3.70. The zero-order chi connectivity index (χ0) is 15.2. The number of nitrogens with zero attached hydrogens (tertiary/aromatic N) is 1. The highest BCUT2D eigenvalue weighted by atomic mass is 19.1. The van der Waals surface area contributed by atoms with Gasteiger partial charge >= 0.3 is 6.03 Å². The molecule has 2 amide bonds. The average molecular weight is 296 g/mol. The van der Waals surface area contributed by atoms with Gasteiger partial charge in [0, 0.05) is 25.8 Å². The van der Waals surface area contributed by atoms with E-state index in [0.29, 0.717) is 18.7 Å². The fourth-order valence-corrected chi connectivity index (χ4v) is 2.58. The van der Waals surface area contributed by atoms with E-state index in [1.54, 1.807) is 17.0 Å². The van der Waals surface area contributed by atoms with Crippen LogP contribution in [0.2, 0.25) is 0 Å². The number of hydrogen-bond acceptors (Lipinski definition) is 3. The van der Waals surface area contributed by atoms with Crippen LogP contribution in [0, 0.1) is 5.82 Å². The van der Waals surface area contributed by atoms with Gasteiger partial charge in [-0.15, -0.1) is 0 Å². The number of nitrogens with one attached hydrogen (secondary N) is 1. The fourth-order valence-electron chi connectivity index (χ4n) is 2.58. The van der Waals surface area contributed by atoms with E-state index in [-0.39, 0.29) is 31.1 Å². The van der Waals surface area contributed by atoms with Gasteiger partial charge in [0.05, 0.1) is 19.3 Å². The van der Waals surface area contributed by atoms with Gasteiger partial charge in [-0.2, -0.15) is 0 Å². The smallest absolute Gasteiger partial charge is 0.317 e. The fraction of sp³-hybridized carbons (Fsp3) is 0.533. The van der Waals surface area contributed by atoms with Gasteiger partial charge in [0.2, 0.25) is 0 Å². The monoisotopic (exact) mass is 296 g/mol. The molecule has 1 aliphatic rings. The summed E-state index contributed by atoms with van der Waals surface area (Å²) in [6, 6.07) is 4.42. The van der Waals surface area contributed by atoms with Crippen LogP contribution in [0.5, 0.6) is 0 Å². The minimum absolute atomic E-state index is 0.0119. The molecule has 0 saturated carbocycles. The molecule has 1 saturated heterocycles. The van der Waals surface area contributed by atoms with Crippen molar-refractivity contribution in [3.05, 3.63) is 35.1 Å². The molecule has 0 radical (unpaired) electrons. The van der Waals surface area contributed by atoms with Gasteiger partial charge in [0.25, 0.3) is 0 Å². The lowest BCUT2D eigenvalue weighted by atomic mass is 10.1. The van der Waals surface area contributed by atoms with Crippen molar-refractivity contribution in [3.63, 3.8) is 0 Å². The number of rotatable bonds is 5. The first-order valence-corrected chi connectivity index (χ1v) is 7.07. The largest absolute Gasteiger partial charge is 0.394 e. The Balaban J connectivity index is 1.93. The van der Waals surface area contributed by atoms with Crippen LogP contribution in [-0.2, 0) is 17.9 Å². The minimum Gasteiger partial charge on any atom is -0.394 e. The molecule has 1 atom stereocenters. The van der Waals surface area contributed by atoms with Crippen molar-refractivity contribution in [3.8, 4) is 0 Å². The van der Waals surface area contributed by atoms with E-state index in [2.05, 4.69) is 5.32 Å². The normalized spacial score (nSPS) is 18.0. The molecule has 5 nitrogen and oxygen atoms in total. The standard InChI is InChI=1S/C15H21FN2O3/c1-21-10-12-7-11(4-5-14(12)16)8-17-15(20)18-6-2-3-13(18)9-19/h4-5,7,13,19H,2-3,6,8-10H2,1H3,(H,17,20). The minimum atomic E-state index is -0.313. The number of carbonyl (C=O) groups excluding carboxylic acids is 1. The maximum Gasteiger partial charge on any atom is 0.317 e. The van der Waals surface area contributed by atoms with Gasteiger partial charge in [-0.25, -0.2) is 9.18 Å². The third kappa shape index (κ3) is 3.92.